The monoisotopic (exact) mass is 469 g/mol. The molecule has 2 aromatic rings. The van der Waals surface area contributed by atoms with Gasteiger partial charge in [0.2, 0.25) is 5.75 Å². The number of nitrogens with zero attached hydrogens (tertiary/aromatic N) is 1. The molecule has 0 radical (unpaired) electrons. The molecule has 1 N–H and O–H groups in total. The molecule has 0 unspecified atom stereocenters. The van der Waals surface area contributed by atoms with Crippen LogP contribution >= 0.6 is 0 Å². The summed E-state index contributed by atoms with van der Waals surface area (Å²) >= 11 is 0. The van der Waals surface area contributed by atoms with Crippen molar-refractivity contribution in [3.05, 3.63) is 63.7 Å². The Hall–Kier alpha value is -2.89. The number of hydrogen-bond donors (Lipinski definition) is 1. The van der Waals surface area contributed by atoms with Gasteiger partial charge in [0.15, 0.2) is 5.78 Å². The predicted octanol–water partition coefficient (Wildman–Crippen LogP) is 8.00. The zero-order chi connectivity index (χ0) is 24.6. The molecule has 0 aromatic heterocycles. The number of ether oxygens (including phenoxy) is 1. The molecule has 0 atom stereocenters. The zero-order valence-corrected chi connectivity index (χ0v) is 20.5. The molecule has 186 valence electrons. The Bertz CT molecular complexity index is 882. The fraction of sp³-hybridized carbons (Fsp3) is 0.536. The van der Waals surface area contributed by atoms with Crippen molar-refractivity contribution < 1.29 is 19.6 Å². The highest BCUT2D eigenvalue weighted by molar-refractivity contribution is 6.11. The van der Waals surface area contributed by atoms with Crippen LogP contribution in [0.25, 0.3) is 0 Å². The maximum Gasteiger partial charge on any atom is 0.311 e. The quantitative estimate of drug-likeness (QED) is 0.103. The summed E-state index contributed by atoms with van der Waals surface area (Å²) in [4.78, 5) is 23.6. The molecule has 0 fully saturated rings. The molecule has 0 bridgehead atoms. The van der Waals surface area contributed by atoms with Crippen LogP contribution in [0.15, 0.2) is 42.5 Å². The van der Waals surface area contributed by atoms with Crippen LogP contribution < -0.4 is 4.74 Å². The van der Waals surface area contributed by atoms with E-state index < -0.39 is 10.7 Å². The molecule has 0 aliphatic carbocycles. The van der Waals surface area contributed by atoms with Crippen molar-refractivity contribution in [1.82, 2.24) is 0 Å². The minimum absolute atomic E-state index is 0.00829. The number of carbonyl (C=O) groups is 1. The Morgan fingerprint density at radius 3 is 1.91 bits per heavy atom. The summed E-state index contributed by atoms with van der Waals surface area (Å²) in [5.74, 6) is -0.796. The number of ketones is 1. The van der Waals surface area contributed by atoms with Crippen molar-refractivity contribution in [3.63, 3.8) is 0 Å². The van der Waals surface area contributed by atoms with Gasteiger partial charge in [-0.2, -0.15) is 0 Å². The van der Waals surface area contributed by atoms with Gasteiger partial charge >= 0.3 is 5.69 Å². The van der Waals surface area contributed by atoms with E-state index >= 15 is 0 Å². The van der Waals surface area contributed by atoms with Crippen LogP contribution in [-0.2, 0) is 0 Å². The third-order valence-electron chi connectivity index (χ3n) is 6.06. The SMILES string of the molecule is CCCCCCCCCCCCCCCOc1cc(O)c(C(=O)c2ccccc2)cc1[N+](=O)[O-]. The molecule has 6 nitrogen and oxygen atoms in total. The van der Waals surface area contributed by atoms with Gasteiger partial charge in [0.1, 0.15) is 5.75 Å². The first-order chi connectivity index (χ1) is 16.5. The summed E-state index contributed by atoms with van der Waals surface area (Å²) in [6.07, 6.45) is 16.1. The number of phenols is 1. The molecular formula is C28H39NO5. The van der Waals surface area contributed by atoms with Crippen molar-refractivity contribution in [2.24, 2.45) is 0 Å². The van der Waals surface area contributed by atoms with Crippen molar-refractivity contribution in [1.29, 1.82) is 0 Å². The molecule has 0 aliphatic rings. The number of benzene rings is 2. The van der Waals surface area contributed by atoms with Gasteiger partial charge in [0.05, 0.1) is 17.1 Å². The first-order valence-corrected chi connectivity index (χ1v) is 12.8. The number of rotatable bonds is 18. The standard InChI is InChI=1S/C28H39NO5/c1-2-3-4-5-6-7-8-9-10-11-12-13-17-20-34-27-22-26(30)24(21-25(27)29(32)33)28(31)23-18-15-14-16-19-23/h14-16,18-19,21-22,30H,2-13,17,20H2,1H3. The van der Waals surface area contributed by atoms with E-state index in [4.69, 9.17) is 4.74 Å². The molecule has 0 heterocycles. The Kier molecular flexibility index (Phi) is 12.8. The van der Waals surface area contributed by atoms with E-state index in [2.05, 4.69) is 6.92 Å². The largest absolute Gasteiger partial charge is 0.507 e. The number of phenolic OH excluding ortho intramolecular Hbond substituents is 1. The lowest BCUT2D eigenvalue weighted by Crippen LogP contribution is -2.05. The number of aromatic hydroxyl groups is 1. The van der Waals surface area contributed by atoms with E-state index in [0.717, 1.165) is 25.3 Å². The van der Waals surface area contributed by atoms with E-state index in [9.17, 15) is 20.0 Å². The second-order valence-electron chi connectivity index (χ2n) is 8.88. The predicted molar refractivity (Wildman–Crippen MR) is 136 cm³/mol. The van der Waals surface area contributed by atoms with Crippen LogP contribution in [0.5, 0.6) is 11.5 Å². The molecule has 0 aliphatic heterocycles. The minimum atomic E-state index is -0.583. The lowest BCUT2D eigenvalue weighted by Gasteiger charge is -2.10. The summed E-state index contributed by atoms with van der Waals surface area (Å²) < 4.78 is 5.61. The topological polar surface area (TPSA) is 89.7 Å². The molecule has 0 amide bonds. The summed E-state index contributed by atoms with van der Waals surface area (Å²) in [6, 6.07) is 10.7. The van der Waals surface area contributed by atoms with Gasteiger partial charge in [-0.1, -0.05) is 114 Å². The minimum Gasteiger partial charge on any atom is -0.507 e. The van der Waals surface area contributed by atoms with E-state index in [0.29, 0.717) is 12.2 Å². The Morgan fingerprint density at radius 2 is 1.38 bits per heavy atom. The molecule has 0 saturated heterocycles. The Balaban J connectivity index is 1.70. The van der Waals surface area contributed by atoms with E-state index in [-0.39, 0.29) is 22.7 Å². The van der Waals surface area contributed by atoms with Gasteiger partial charge in [0, 0.05) is 17.7 Å². The summed E-state index contributed by atoms with van der Waals surface area (Å²) in [7, 11) is 0. The van der Waals surface area contributed by atoms with Crippen LogP contribution in [0, 0.1) is 10.1 Å². The average molecular weight is 470 g/mol. The fourth-order valence-electron chi connectivity index (χ4n) is 4.04. The van der Waals surface area contributed by atoms with Gasteiger partial charge in [-0.3, -0.25) is 14.9 Å². The van der Waals surface area contributed by atoms with Crippen molar-refractivity contribution >= 4 is 11.5 Å². The second-order valence-corrected chi connectivity index (χ2v) is 8.88. The third-order valence-corrected chi connectivity index (χ3v) is 6.06. The maximum atomic E-state index is 12.6. The second kappa shape index (κ2) is 15.9. The van der Waals surface area contributed by atoms with Gasteiger partial charge in [0.25, 0.3) is 0 Å². The Labute approximate surface area is 203 Å². The van der Waals surface area contributed by atoms with Crippen LogP contribution in [0.4, 0.5) is 5.69 Å². The summed E-state index contributed by atoms with van der Waals surface area (Å²) in [5.41, 5.74) is -0.0641. The number of nitro benzene ring substituents is 1. The highest BCUT2D eigenvalue weighted by Gasteiger charge is 2.23. The van der Waals surface area contributed by atoms with E-state index in [1.165, 1.54) is 70.3 Å². The van der Waals surface area contributed by atoms with Crippen LogP contribution in [-0.4, -0.2) is 22.4 Å². The van der Waals surface area contributed by atoms with Crippen molar-refractivity contribution in [3.8, 4) is 11.5 Å². The van der Waals surface area contributed by atoms with E-state index in [1.807, 2.05) is 0 Å². The maximum absolute atomic E-state index is 12.6. The Morgan fingerprint density at radius 1 is 0.853 bits per heavy atom. The average Bonchev–Trinajstić information content (AvgIpc) is 2.84. The zero-order valence-electron chi connectivity index (χ0n) is 20.5. The third kappa shape index (κ3) is 9.54. The highest BCUT2D eigenvalue weighted by atomic mass is 16.6. The molecule has 34 heavy (non-hydrogen) atoms. The van der Waals surface area contributed by atoms with Gasteiger partial charge in [-0.25, -0.2) is 0 Å². The lowest BCUT2D eigenvalue weighted by molar-refractivity contribution is -0.385. The summed E-state index contributed by atoms with van der Waals surface area (Å²) in [5, 5.41) is 21.8. The molecular weight excluding hydrogens is 430 g/mol. The molecule has 0 spiro atoms. The van der Waals surface area contributed by atoms with E-state index in [1.54, 1.807) is 30.3 Å². The van der Waals surface area contributed by atoms with Crippen LogP contribution in [0.2, 0.25) is 0 Å². The first kappa shape index (κ1) is 27.4. The van der Waals surface area contributed by atoms with Crippen LogP contribution in [0.1, 0.15) is 106 Å². The first-order valence-electron chi connectivity index (χ1n) is 12.8. The van der Waals surface area contributed by atoms with Gasteiger partial charge < -0.3 is 9.84 Å². The number of hydrogen-bond acceptors (Lipinski definition) is 5. The number of nitro groups is 1. The molecule has 0 saturated carbocycles. The van der Waals surface area contributed by atoms with Crippen molar-refractivity contribution in [2.45, 2.75) is 90.4 Å². The normalized spacial score (nSPS) is 10.9. The number of carbonyl (C=O) groups excluding carboxylic acids is 1. The van der Waals surface area contributed by atoms with Crippen LogP contribution in [0.3, 0.4) is 0 Å². The highest BCUT2D eigenvalue weighted by Crippen LogP contribution is 2.35. The molecule has 6 heteroatoms. The smallest absolute Gasteiger partial charge is 0.311 e. The fourth-order valence-corrected chi connectivity index (χ4v) is 4.04. The summed E-state index contributed by atoms with van der Waals surface area (Å²) in [6.45, 7) is 2.58. The molecule has 2 aromatic carbocycles. The van der Waals surface area contributed by atoms with Gasteiger partial charge in [-0.05, 0) is 6.42 Å². The van der Waals surface area contributed by atoms with Gasteiger partial charge in [-0.15, -0.1) is 0 Å². The van der Waals surface area contributed by atoms with Crippen molar-refractivity contribution in [2.75, 3.05) is 6.61 Å². The lowest BCUT2D eigenvalue weighted by atomic mass is 10.0. The number of unbranched alkanes of at least 4 members (excludes halogenated alkanes) is 12. The molecule has 2 rings (SSSR count).